The molecular formula is C17H20N6OS. The monoisotopic (exact) mass is 356 g/mol. The van der Waals surface area contributed by atoms with Gasteiger partial charge in [0.15, 0.2) is 10.8 Å². The van der Waals surface area contributed by atoms with Gasteiger partial charge in [-0.2, -0.15) is 0 Å². The van der Waals surface area contributed by atoms with Crippen LogP contribution in [0.4, 0.5) is 0 Å². The molecule has 4 rings (SSSR count). The van der Waals surface area contributed by atoms with Crippen molar-refractivity contribution in [2.75, 3.05) is 26.2 Å². The lowest BCUT2D eigenvalue weighted by Crippen LogP contribution is -2.45. The smallest absolute Gasteiger partial charge is 0.188 e. The van der Waals surface area contributed by atoms with E-state index in [2.05, 4.69) is 35.3 Å². The normalized spacial score (nSPS) is 16.4. The van der Waals surface area contributed by atoms with Crippen molar-refractivity contribution in [2.24, 2.45) is 0 Å². The van der Waals surface area contributed by atoms with Crippen LogP contribution in [0.25, 0.3) is 10.8 Å². The summed E-state index contributed by atoms with van der Waals surface area (Å²) in [5, 5.41) is 7.07. The zero-order valence-electron chi connectivity index (χ0n) is 14.1. The van der Waals surface area contributed by atoms with Crippen LogP contribution >= 0.6 is 11.3 Å². The summed E-state index contributed by atoms with van der Waals surface area (Å²) in [7, 11) is 0. The summed E-state index contributed by atoms with van der Waals surface area (Å²) in [4.78, 5) is 18.1. The van der Waals surface area contributed by atoms with Crippen LogP contribution in [0.15, 0.2) is 34.4 Å². The van der Waals surface area contributed by atoms with Crippen molar-refractivity contribution in [3.63, 3.8) is 0 Å². The first-order valence-electron chi connectivity index (χ1n) is 8.35. The van der Waals surface area contributed by atoms with Crippen LogP contribution in [-0.2, 0) is 13.1 Å². The fourth-order valence-corrected chi connectivity index (χ4v) is 3.70. The lowest BCUT2D eigenvalue weighted by atomic mass is 10.2. The molecule has 0 bridgehead atoms. The molecule has 1 aliphatic heterocycles. The molecule has 8 heteroatoms. The number of thiazole rings is 1. The molecule has 4 heterocycles. The number of nitrogens with zero attached hydrogens (tertiary/aromatic N) is 6. The Kier molecular flexibility index (Phi) is 4.82. The highest BCUT2D eigenvalue weighted by molar-refractivity contribution is 7.13. The predicted octanol–water partition coefficient (Wildman–Crippen LogP) is 2.21. The van der Waals surface area contributed by atoms with E-state index < -0.39 is 0 Å². The van der Waals surface area contributed by atoms with Crippen molar-refractivity contribution in [3.05, 3.63) is 47.1 Å². The van der Waals surface area contributed by atoms with Crippen LogP contribution in [0.3, 0.4) is 0 Å². The van der Waals surface area contributed by atoms with E-state index in [1.165, 1.54) is 0 Å². The highest BCUT2D eigenvalue weighted by Crippen LogP contribution is 2.21. The van der Waals surface area contributed by atoms with Crippen molar-refractivity contribution < 1.29 is 4.52 Å². The highest BCUT2D eigenvalue weighted by atomic mass is 32.1. The molecule has 0 atom stereocenters. The van der Waals surface area contributed by atoms with E-state index in [1.807, 2.05) is 19.1 Å². The average molecular weight is 356 g/mol. The molecule has 1 saturated heterocycles. The number of aromatic nitrogens is 4. The lowest BCUT2D eigenvalue weighted by molar-refractivity contribution is 0.119. The van der Waals surface area contributed by atoms with E-state index in [9.17, 15) is 0 Å². The maximum absolute atomic E-state index is 5.14. The average Bonchev–Trinajstić information content (AvgIpc) is 3.27. The Hall–Kier alpha value is -2.16. The topological polar surface area (TPSA) is 71.2 Å². The molecule has 0 radical (unpaired) electrons. The van der Waals surface area contributed by atoms with E-state index in [1.54, 1.807) is 23.7 Å². The van der Waals surface area contributed by atoms with Crippen LogP contribution in [0, 0.1) is 6.92 Å². The number of hydrogen-bond acceptors (Lipinski definition) is 8. The van der Waals surface area contributed by atoms with Crippen LogP contribution < -0.4 is 0 Å². The van der Waals surface area contributed by atoms with Gasteiger partial charge in [0.05, 0.1) is 11.4 Å². The molecule has 130 valence electrons. The Morgan fingerprint density at radius 2 is 1.72 bits per heavy atom. The summed E-state index contributed by atoms with van der Waals surface area (Å²) in [6.45, 7) is 7.79. The summed E-state index contributed by atoms with van der Waals surface area (Å²) >= 11 is 1.60. The van der Waals surface area contributed by atoms with E-state index in [-0.39, 0.29) is 0 Å². The molecule has 0 amide bonds. The number of hydrogen-bond donors (Lipinski definition) is 0. The first kappa shape index (κ1) is 16.3. The molecule has 0 aromatic carbocycles. The second-order valence-electron chi connectivity index (χ2n) is 6.20. The lowest BCUT2D eigenvalue weighted by Gasteiger charge is -2.33. The zero-order valence-corrected chi connectivity index (χ0v) is 14.9. The Morgan fingerprint density at radius 1 is 1.04 bits per heavy atom. The standard InChI is InChI=1S/C17H20N6OS/c1-13-9-14(21-24-13)10-22-5-7-23(8-6-22)11-15-12-25-17(20-15)16-18-3-2-4-19-16/h2-4,9,12H,5-8,10-11H2,1H3. The highest BCUT2D eigenvalue weighted by Gasteiger charge is 2.19. The third-order valence-electron chi connectivity index (χ3n) is 4.22. The maximum atomic E-state index is 5.14. The number of aryl methyl sites for hydroxylation is 1. The van der Waals surface area contributed by atoms with Crippen LogP contribution in [0.2, 0.25) is 0 Å². The summed E-state index contributed by atoms with van der Waals surface area (Å²) in [6.07, 6.45) is 3.50. The minimum atomic E-state index is 0.700. The van der Waals surface area contributed by atoms with Gasteiger partial charge in [0.1, 0.15) is 5.76 Å². The van der Waals surface area contributed by atoms with Crippen molar-refractivity contribution >= 4 is 11.3 Å². The molecule has 3 aromatic rings. The van der Waals surface area contributed by atoms with Crippen molar-refractivity contribution in [1.29, 1.82) is 0 Å². The second kappa shape index (κ2) is 7.38. The van der Waals surface area contributed by atoms with Gasteiger partial charge < -0.3 is 4.52 Å². The quantitative estimate of drug-likeness (QED) is 0.694. The van der Waals surface area contributed by atoms with Crippen LogP contribution in [-0.4, -0.2) is 56.1 Å². The number of rotatable bonds is 5. The van der Waals surface area contributed by atoms with Crippen molar-refractivity contribution in [1.82, 2.24) is 29.9 Å². The largest absolute Gasteiger partial charge is 0.361 e. The van der Waals surface area contributed by atoms with E-state index >= 15 is 0 Å². The molecule has 0 spiro atoms. The Bertz CT molecular complexity index is 809. The summed E-state index contributed by atoms with van der Waals surface area (Å²) < 4.78 is 5.14. The molecule has 1 aliphatic rings. The van der Waals surface area contributed by atoms with Crippen molar-refractivity contribution in [3.8, 4) is 10.8 Å². The van der Waals surface area contributed by atoms with Gasteiger partial charge in [-0.15, -0.1) is 11.3 Å². The minimum absolute atomic E-state index is 0.700. The van der Waals surface area contributed by atoms with Gasteiger partial charge >= 0.3 is 0 Å². The summed E-state index contributed by atoms with van der Waals surface area (Å²) in [6, 6.07) is 3.83. The van der Waals surface area contributed by atoms with Crippen molar-refractivity contribution in [2.45, 2.75) is 20.0 Å². The molecule has 0 aliphatic carbocycles. The SMILES string of the molecule is Cc1cc(CN2CCN(Cc3csc(-c4ncccn4)n3)CC2)no1. The Labute approximate surface area is 150 Å². The van der Waals surface area contributed by atoms with Crippen LogP contribution in [0.5, 0.6) is 0 Å². The summed E-state index contributed by atoms with van der Waals surface area (Å²) in [5.41, 5.74) is 2.10. The summed E-state index contributed by atoms with van der Waals surface area (Å²) in [5.74, 6) is 1.57. The Balaban J connectivity index is 1.29. The van der Waals surface area contributed by atoms with Gasteiger partial charge in [0.25, 0.3) is 0 Å². The zero-order chi connectivity index (χ0) is 17.1. The first-order chi connectivity index (χ1) is 12.3. The van der Waals surface area contributed by atoms with E-state index in [4.69, 9.17) is 4.52 Å². The molecule has 3 aromatic heterocycles. The van der Waals surface area contributed by atoms with Gasteiger partial charge in [0, 0.05) is 63.1 Å². The van der Waals surface area contributed by atoms with Gasteiger partial charge in [-0.3, -0.25) is 9.80 Å². The number of piperazine rings is 1. The van der Waals surface area contributed by atoms with Gasteiger partial charge in [0.2, 0.25) is 0 Å². The molecule has 1 fully saturated rings. The molecule has 0 N–H and O–H groups in total. The fraction of sp³-hybridized carbons (Fsp3) is 0.412. The second-order valence-corrected chi connectivity index (χ2v) is 7.06. The van der Waals surface area contributed by atoms with Gasteiger partial charge in [-0.1, -0.05) is 5.16 Å². The fourth-order valence-electron chi connectivity index (χ4n) is 2.95. The molecule has 7 nitrogen and oxygen atoms in total. The molecular weight excluding hydrogens is 336 g/mol. The maximum Gasteiger partial charge on any atom is 0.188 e. The predicted molar refractivity (Wildman–Crippen MR) is 94.9 cm³/mol. The van der Waals surface area contributed by atoms with E-state index in [0.717, 1.165) is 61.4 Å². The first-order valence-corrected chi connectivity index (χ1v) is 9.23. The van der Waals surface area contributed by atoms with Crippen LogP contribution in [0.1, 0.15) is 17.1 Å². The third kappa shape index (κ3) is 4.09. The van der Waals surface area contributed by atoms with E-state index in [0.29, 0.717) is 5.82 Å². The minimum Gasteiger partial charge on any atom is -0.361 e. The molecule has 0 saturated carbocycles. The molecule has 25 heavy (non-hydrogen) atoms. The van der Waals surface area contributed by atoms with Gasteiger partial charge in [-0.05, 0) is 13.0 Å². The Morgan fingerprint density at radius 3 is 2.36 bits per heavy atom. The third-order valence-corrected chi connectivity index (χ3v) is 5.11. The molecule has 0 unspecified atom stereocenters. The van der Waals surface area contributed by atoms with Gasteiger partial charge in [-0.25, -0.2) is 15.0 Å².